The van der Waals surface area contributed by atoms with E-state index in [1.54, 1.807) is 14.0 Å². The number of alkyl halides is 3. The van der Waals surface area contributed by atoms with E-state index < -0.39 is 11.7 Å². The normalized spacial score (nSPS) is 11.6. The van der Waals surface area contributed by atoms with Crippen molar-refractivity contribution in [1.29, 1.82) is 0 Å². The van der Waals surface area contributed by atoms with E-state index >= 15 is 0 Å². The highest BCUT2D eigenvalue weighted by Crippen LogP contribution is 2.33. The van der Waals surface area contributed by atoms with Crippen molar-refractivity contribution >= 4 is 5.69 Å². The maximum Gasteiger partial charge on any atom is 0.416 e. The van der Waals surface area contributed by atoms with Crippen LogP contribution in [0.3, 0.4) is 0 Å². The third-order valence-corrected chi connectivity index (χ3v) is 2.61. The number of nitrogen functional groups attached to an aromatic ring is 1. The van der Waals surface area contributed by atoms with Gasteiger partial charge in [-0.2, -0.15) is 18.3 Å². The lowest BCUT2D eigenvalue weighted by Crippen LogP contribution is -2.04. The second kappa shape index (κ2) is 4.49. The van der Waals surface area contributed by atoms with Crippen molar-refractivity contribution in [3.05, 3.63) is 35.5 Å². The summed E-state index contributed by atoms with van der Waals surface area (Å²) in [5, 5.41) is 4.05. The first-order chi connectivity index (χ1) is 8.79. The number of aromatic nitrogens is 2. The Morgan fingerprint density at radius 2 is 1.79 bits per heavy atom. The SMILES string of the molecule is Cc1nn(C)c(Oc2ccc(C(F)(F)F)cc2)c1N. The fraction of sp³-hybridized carbons (Fsp3) is 0.250. The Bertz CT molecular complexity index is 588. The Hall–Kier alpha value is -2.18. The predicted octanol–water partition coefficient (Wildman–Crippen LogP) is 3.12. The van der Waals surface area contributed by atoms with Gasteiger partial charge < -0.3 is 10.5 Å². The Balaban J connectivity index is 2.25. The van der Waals surface area contributed by atoms with Gasteiger partial charge in [-0.05, 0) is 31.2 Å². The molecule has 1 aromatic carbocycles. The molecule has 0 aliphatic carbocycles. The van der Waals surface area contributed by atoms with Crippen LogP contribution in [0.15, 0.2) is 24.3 Å². The van der Waals surface area contributed by atoms with E-state index in [0.29, 0.717) is 17.3 Å². The van der Waals surface area contributed by atoms with Gasteiger partial charge in [-0.15, -0.1) is 0 Å². The molecule has 1 aromatic heterocycles. The first-order valence-corrected chi connectivity index (χ1v) is 5.43. The first kappa shape index (κ1) is 13.3. The van der Waals surface area contributed by atoms with E-state index in [0.717, 1.165) is 12.1 Å². The zero-order chi connectivity index (χ0) is 14.2. The van der Waals surface area contributed by atoms with Crippen LogP contribution in [0, 0.1) is 6.92 Å². The van der Waals surface area contributed by atoms with Crippen LogP contribution >= 0.6 is 0 Å². The molecule has 0 atom stereocenters. The summed E-state index contributed by atoms with van der Waals surface area (Å²) in [4.78, 5) is 0. The van der Waals surface area contributed by atoms with Crippen molar-refractivity contribution in [3.63, 3.8) is 0 Å². The molecule has 2 rings (SSSR count). The second-order valence-electron chi connectivity index (χ2n) is 4.05. The summed E-state index contributed by atoms with van der Waals surface area (Å²) in [6.45, 7) is 1.72. The lowest BCUT2D eigenvalue weighted by atomic mass is 10.2. The maximum atomic E-state index is 12.4. The van der Waals surface area contributed by atoms with Crippen LogP contribution in [0.2, 0.25) is 0 Å². The number of hydrogen-bond donors (Lipinski definition) is 1. The Kier molecular flexibility index (Phi) is 3.13. The number of hydrogen-bond acceptors (Lipinski definition) is 3. The molecule has 0 spiro atoms. The molecule has 0 bridgehead atoms. The number of rotatable bonds is 2. The van der Waals surface area contributed by atoms with Gasteiger partial charge in [0, 0.05) is 7.05 Å². The van der Waals surface area contributed by atoms with E-state index in [-0.39, 0.29) is 5.75 Å². The van der Waals surface area contributed by atoms with Crippen LogP contribution in [0.1, 0.15) is 11.3 Å². The number of anilines is 1. The van der Waals surface area contributed by atoms with Crippen LogP contribution in [-0.2, 0) is 13.2 Å². The van der Waals surface area contributed by atoms with Crippen LogP contribution in [0.25, 0.3) is 0 Å². The lowest BCUT2D eigenvalue weighted by Gasteiger charge is -2.09. The summed E-state index contributed by atoms with van der Waals surface area (Å²) >= 11 is 0. The van der Waals surface area contributed by atoms with Crippen LogP contribution in [-0.4, -0.2) is 9.78 Å². The van der Waals surface area contributed by atoms with E-state index in [4.69, 9.17) is 10.5 Å². The van der Waals surface area contributed by atoms with Gasteiger partial charge in [-0.3, -0.25) is 0 Å². The molecule has 0 fully saturated rings. The van der Waals surface area contributed by atoms with Gasteiger partial charge in [0.05, 0.1) is 11.3 Å². The minimum Gasteiger partial charge on any atom is -0.437 e. The van der Waals surface area contributed by atoms with Crippen molar-refractivity contribution in [2.24, 2.45) is 7.05 Å². The molecule has 0 saturated carbocycles. The van der Waals surface area contributed by atoms with Gasteiger partial charge in [0.1, 0.15) is 11.4 Å². The van der Waals surface area contributed by atoms with E-state index in [9.17, 15) is 13.2 Å². The highest BCUT2D eigenvalue weighted by atomic mass is 19.4. The molecule has 2 N–H and O–H groups in total. The Morgan fingerprint density at radius 3 is 2.21 bits per heavy atom. The molecule has 0 aliphatic heterocycles. The maximum absolute atomic E-state index is 12.4. The number of nitrogens with two attached hydrogens (primary N) is 1. The minimum atomic E-state index is -4.36. The van der Waals surface area contributed by atoms with Crippen molar-refractivity contribution in [3.8, 4) is 11.6 Å². The summed E-state index contributed by atoms with van der Waals surface area (Å²) in [7, 11) is 1.64. The van der Waals surface area contributed by atoms with Crippen molar-refractivity contribution < 1.29 is 17.9 Å². The topological polar surface area (TPSA) is 53.1 Å². The van der Waals surface area contributed by atoms with Crippen molar-refractivity contribution in [1.82, 2.24) is 9.78 Å². The smallest absolute Gasteiger partial charge is 0.416 e. The average Bonchev–Trinajstić information content (AvgIpc) is 2.56. The van der Waals surface area contributed by atoms with Crippen LogP contribution < -0.4 is 10.5 Å². The van der Waals surface area contributed by atoms with E-state index in [1.165, 1.54) is 16.8 Å². The number of aryl methyl sites for hydroxylation is 2. The largest absolute Gasteiger partial charge is 0.437 e. The molecule has 0 amide bonds. The molecule has 7 heteroatoms. The van der Waals surface area contributed by atoms with Crippen molar-refractivity contribution in [2.45, 2.75) is 13.1 Å². The Morgan fingerprint density at radius 1 is 1.21 bits per heavy atom. The van der Waals surface area contributed by atoms with Gasteiger partial charge in [0.25, 0.3) is 0 Å². The Labute approximate surface area is 107 Å². The zero-order valence-electron chi connectivity index (χ0n) is 10.3. The third-order valence-electron chi connectivity index (χ3n) is 2.61. The summed E-state index contributed by atoms with van der Waals surface area (Å²) in [5.41, 5.74) is 6.00. The summed E-state index contributed by atoms with van der Waals surface area (Å²) in [5.74, 6) is 0.569. The third kappa shape index (κ3) is 2.64. The molecule has 0 radical (unpaired) electrons. The average molecular weight is 271 g/mol. The zero-order valence-corrected chi connectivity index (χ0v) is 10.3. The minimum absolute atomic E-state index is 0.266. The summed E-state index contributed by atoms with van der Waals surface area (Å²) in [6, 6.07) is 4.39. The molecule has 0 saturated heterocycles. The van der Waals surface area contributed by atoms with Gasteiger partial charge >= 0.3 is 6.18 Å². The van der Waals surface area contributed by atoms with Gasteiger partial charge in [-0.25, -0.2) is 4.68 Å². The first-order valence-electron chi connectivity index (χ1n) is 5.43. The quantitative estimate of drug-likeness (QED) is 0.913. The number of benzene rings is 1. The molecule has 1 heterocycles. The molecule has 102 valence electrons. The summed E-state index contributed by atoms with van der Waals surface area (Å²) < 4.78 is 44.1. The van der Waals surface area contributed by atoms with E-state index in [1.807, 2.05) is 0 Å². The second-order valence-corrected chi connectivity index (χ2v) is 4.05. The molecular formula is C12H12F3N3O. The highest BCUT2D eigenvalue weighted by molar-refractivity contribution is 5.53. The van der Waals surface area contributed by atoms with Crippen LogP contribution in [0.4, 0.5) is 18.9 Å². The molecule has 2 aromatic rings. The number of ether oxygens (including phenoxy) is 1. The molecule has 0 aliphatic rings. The van der Waals surface area contributed by atoms with Gasteiger partial charge in [-0.1, -0.05) is 0 Å². The molecular weight excluding hydrogens is 259 g/mol. The van der Waals surface area contributed by atoms with Gasteiger partial charge in [0.15, 0.2) is 0 Å². The monoisotopic (exact) mass is 271 g/mol. The molecule has 4 nitrogen and oxygen atoms in total. The fourth-order valence-electron chi connectivity index (χ4n) is 1.60. The van der Waals surface area contributed by atoms with Gasteiger partial charge in [0.2, 0.25) is 5.88 Å². The predicted molar refractivity (Wildman–Crippen MR) is 63.9 cm³/mol. The van der Waals surface area contributed by atoms with Crippen LogP contribution in [0.5, 0.6) is 11.6 Å². The fourth-order valence-corrected chi connectivity index (χ4v) is 1.60. The summed E-state index contributed by atoms with van der Waals surface area (Å²) in [6.07, 6.45) is -4.36. The highest BCUT2D eigenvalue weighted by Gasteiger charge is 2.30. The van der Waals surface area contributed by atoms with E-state index in [2.05, 4.69) is 5.10 Å². The lowest BCUT2D eigenvalue weighted by molar-refractivity contribution is -0.137. The molecule has 19 heavy (non-hydrogen) atoms. The molecule has 0 unspecified atom stereocenters. The van der Waals surface area contributed by atoms with Crippen molar-refractivity contribution in [2.75, 3.05) is 5.73 Å². The number of halogens is 3. The number of nitrogens with zero attached hydrogens (tertiary/aromatic N) is 2. The standard InChI is InChI=1S/C12H12F3N3O/c1-7-10(16)11(18(2)17-7)19-9-5-3-8(4-6-9)12(13,14)15/h3-6H,16H2,1-2H3.